The molecule has 1 fully saturated rings. The van der Waals surface area contributed by atoms with Gasteiger partial charge in [0.15, 0.2) is 0 Å². The van der Waals surface area contributed by atoms with Crippen molar-refractivity contribution in [1.29, 1.82) is 0 Å². The number of carboxylic acid groups (broad SMARTS) is 1. The Morgan fingerprint density at radius 1 is 1.17 bits per heavy atom. The first-order chi connectivity index (χ1) is 16.7. The molecule has 1 saturated heterocycles. The van der Waals surface area contributed by atoms with E-state index in [0.717, 1.165) is 17.4 Å². The highest BCUT2D eigenvalue weighted by molar-refractivity contribution is 7.18. The average molecular weight is 519 g/mol. The van der Waals surface area contributed by atoms with Crippen LogP contribution >= 0.6 is 22.9 Å². The van der Waals surface area contributed by atoms with E-state index in [4.69, 9.17) is 11.6 Å². The molecule has 12 heteroatoms. The van der Waals surface area contributed by atoms with Gasteiger partial charge in [0.05, 0.1) is 33.2 Å². The van der Waals surface area contributed by atoms with E-state index < -0.39 is 36.3 Å². The number of aliphatic carboxylic acids is 1. The second-order valence-electron chi connectivity index (χ2n) is 7.91. The van der Waals surface area contributed by atoms with Crippen LogP contribution in [0.3, 0.4) is 0 Å². The zero-order valence-corrected chi connectivity index (χ0v) is 19.7. The molecule has 0 spiro atoms. The van der Waals surface area contributed by atoms with Crippen LogP contribution in [-0.2, 0) is 9.59 Å². The molecular formula is C23H20ClFN4O5S. The number of likely N-dealkylation sites (tertiary alicyclic amines) is 1. The number of nitrogens with one attached hydrogen (secondary N) is 2. The first-order valence-electron chi connectivity index (χ1n) is 10.5. The number of anilines is 1. The molecule has 4 rings (SSSR count). The Balaban J connectivity index is 1.47. The minimum atomic E-state index is -1.14. The molecule has 1 unspecified atom stereocenters. The van der Waals surface area contributed by atoms with Crippen LogP contribution in [0, 0.1) is 5.82 Å². The lowest BCUT2D eigenvalue weighted by molar-refractivity contribution is -0.139. The number of hydrogen-bond donors (Lipinski definition) is 3. The molecule has 0 aliphatic carbocycles. The van der Waals surface area contributed by atoms with Gasteiger partial charge in [-0.15, -0.1) is 11.3 Å². The van der Waals surface area contributed by atoms with Crippen LogP contribution < -0.4 is 16.2 Å². The van der Waals surface area contributed by atoms with Crippen molar-refractivity contribution < 1.29 is 23.9 Å². The fourth-order valence-electron chi connectivity index (χ4n) is 3.93. The van der Waals surface area contributed by atoms with Gasteiger partial charge in [0.25, 0.3) is 11.5 Å². The van der Waals surface area contributed by atoms with Crippen LogP contribution in [0.5, 0.6) is 0 Å². The molecule has 0 saturated carbocycles. The summed E-state index contributed by atoms with van der Waals surface area (Å²) in [6.07, 6.45) is 1.64. The average Bonchev–Trinajstić information content (AvgIpc) is 3.41. The molecule has 3 N–H and O–H groups in total. The van der Waals surface area contributed by atoms with Gasteiger partial charge < -0.3 is 15.7 Å². The van der Waals surface area contributed by atoms with E-state index in [1.165, 1.54) is 33.9 Å². The molecule has 3 heterocycles. The minimum Gasteiger partial charge on any atom is -0.480 e. The van der Waals surface area contributed by atoms with Crippen LogP contribution in [-0.4, -0.2) is 57.5 Å². The zero-order chi connectivity index (χ0) is 25.1. The van der Waals surface area contributed by atoms with Crippen molar-refractivity contribution in [2.24, 2.45) is 0 Å². The number of amides is 2. The summed E-state index contributed by atoms with van der Waals surface area (Å²) < 4.78 is 16.5. The molecule has 2 amide bonds. The summed E-state index contributed by atoms with van der Waals surface area (Å²) in [6.45, 7) is -0.290. The Morgan fingerprint density at radius 3 is 2.63 bits per heavy atom. The minimum absolute atomic E-state index is 0.112. The fraction of sp³-hybridized carbons (Fsp3) is 0.217. The van der Waals surface area contributed by atoms with E-state index in [1.54, 1.807) is 24.3 Å². The fourth-order valence-corrected chi connectivity index (χ4v) is 4.88. The number of carboxylic acids is 1. The van der Waals surface area contributed by atoms with Crippen molar-refractivity contribution in [2.45, 2.75) is 18.5 Å². The largest absolute Gasteiger partial charge is 0.480 e. The van der Waals surface area contributed by atoms with Crippen molar-refractivity contribution in [3.8, 4) is 5.69 Å². The van der Waals surface area contributed by atoms with E-state index in [-0.39, 0.29) is 35.8 Å². The summed E-state index contributed by atoms with van der Waals surface area (Å²) in [4.78, 5) is 50.5. The van der Waals surface area contributed by atoms with Crippen LogP contribution in [0.4, 0.5) is 10.1 Å². The number of hydrogen-bond acceptors (Lipinski definition) is 6. The molecule has 3 aromatic rings. The highest BCUT2D eigenvalue weighted by Gasteiger charge is 2.38. The van der Waals surface area contributed by atoms with Gasteiger partial charge in [0.1, 0.15) is 5.82 Å². The van der Waals surface area contributed by atoms with Crippen LogP contribution in [0.15, 0.2) is 59.5 Å². The summed E-state index contributed by atoms with van der Waals surface area (Å²) in [7, 11) is 0. The van der Waals surface area contributed by atoms with Gasteiger partial charge in [-0.25, -0.2) is 4.39 Å². The third-order valence-electron chi connectivity index (χ3n) is 5.49. The number of carbonyl (C=O) groups is 3. The normalized spacial score (nSPS) is 17.8. The topological polar surface area (TPSA) is 121 Å². The Hall–Kier alpha value is -3.54. The number of pyridine rings is 1. The number of halogens is 2. The van der Waals surface area contributed by atoms with E-state index in [2.05, 4.69) is 10.6 Å². The highest BCUT2D eigenvalue weighted by Crippen LogP contribution is 2.24. The van der Waals surface area contributed by atoms with Gasteiger partial charge in [-0.3, -0.25) is 28.6 Å². The maximum absolute atomic E-state index is 14.8. The van der Waals surface area contributed by atoms with Crippen molar-refractivity contribution in [3.63, 3.8) is 0 Å². The van der Waals surface area contributed by atoms with Gasteiger partial charge >= 0.3 is 5.97 Å². The third kappa shape index (κ3) is 5.76. The van der Waals surface area contributed by atoms with E-state index >= 15 is 0 Å². The summed E-state index contributed by atoms with van der Waals surface area (Å²) in [5, 5.41) is 14.5. The maximum Gasteiger partial charge on any atom is 0.317 e. The van der Waals surface area contributed by atoms with E-state index in [9.17, 15) is 28.7 Å². The Labute approximate surface area is 207 Å². The lowest BCUT2D eigenvalue weighted by Gasteiger charge is -2.21. The van der Waals surface area contributed by atoms with Gasteiger partial charge in [0, 0.05) is 30.9 Å². The number of rotatable bonds is 7. The van der Waals surface area contributed by atoms with Gasteiger partial charge in [0.2, 0.25) is 5.91 Å². The Morgan fingerprint density at radius 2 is 1.97 bits per heavy atom. The van der Waals surface area contributed by atoms with Crippen molar-refractivity contribution in [3.05, 3.63) is 80.1 Å². The molecule has 0 bridgehead atoms. The summed E-state index contributed by atoms with van der Waals surface area (Å²) in [5.74, 6) is -2.87. The predicted octanol–water partition coefficient (Wildman–Crippen LogP) is 2.59. The van der Waals surface area contributed by atoms with E-state index in [0.29, 0.717) is 9.21 Å². The summed E-state index contributed by atoms with van der Waals surface area (Å²) in [6, 6.07) is 10.3. The maximum atomic E-state index is 14.8. The van der Waals surface area contributed by atoms with Gasteiger partial charge in [-0.05, 0) is 36.8 Å². The second-order valence-corrected chi connectivity index (χ2v) is 9.63. The monoisotopic (exact) mass is 518 g/mol. The molecule has 0 radical (unpaired) electrons. The van der Waals surface area contributed by atoms with Gasteiger partial charge in [-0.1, -0.05) is 17.7 Å². The molecule has 35 heavy (non-hydrogen) atoms. The number of benzene rings is 1. The van der Waals surface area contributed by atoms with Crippen LogP contribution in [0.25, 0.3) is 5.69 Å². The van der Waals surface area contributed by atoms with Crippen molar-refractivity contribution in [2.75, 3.05) is 18.4 Å². The lowest BCUT2D eigenvalue weighted by atomic mass is 10.1. The SMILES string of the molecule is O=C(O)CN1CC(NC(=O)c2ccc(Cl)s2)C[C@H]1C(=O)Nc1ccc(-n2ccccc2=O)cc1F. The lowest BCUT2D eigenvalue weighted by Crippen LogP contribution is -2.42. The van der Waals surface area contributed by atoms with E-state index in [1.807, 2.05) is 0 Å². The Bertz CT molecular complexity index is 1340. The third-order valence-corrected chi connectivity index (χ3v) is 6.72. The molecule has 2 atom stereocenters. The zero-order valence-electron chi connectivity index (χ0n) is 18.1. The molecular weight excluding hydrogens is 499 g/mol. The standard InChI is InChI=1S/C23H20ClFN4O5S/c24-19-7-6-18(35-19)23(34)26-13-9-17(28(11-13)12-21(31)32)22(33)27-16-5-4-14(10-15(16)25)29-8-2-1-3-20(29)30/h1-8,10,13,17H,9,11-12H2,(H,26,34)(H,27,33)(H,31,32)/t13?,17-/m0/s1. The number of aromatic nitrogens is 1. The quantitative estimate of drug-likeness (QED) is 0.442. The predicted molar refractivity (Wildman–Crippen MR) is 129 cm³/mol. The van der Waals surface area contributed by atoms with Gasteiger partial charge in [-0.2, -0.15) is 0 Å². The molecule has 1 aliphatic rings. The summed E-state index contributed by atoms with van der Waals surface area (Å²) >= 11 is 6.98. The molecule has 182 valence electrons. The molecule has 9 nitrogen and oxygen atoms in total. The first kappa shape index (κ1) is 24.6. The van der Waals surface area contributed by atoms with Crippen molar-refractivity contribution in [1.82, 2.24) is 14.8 Å². The number of thiophene rings is 1. The Kier molecular flexibility index (Phi) is 7.29. The van der Waals surface area contributed by atoms with Crippen LogP contribution in [0.2, 0.25) is 4.34 Å². The smallest absolute Gasteiger partial charge is 0.317 e. The van der Waals surface area contributed by atoms with Crippen LogP contribution in [0.1, 0.15) is 16.1 Å². The molecule has 1 aliphatic heterocycles. The van der Waals surface area contributed by atoms with Crippen molar-refractivity contribution >= 4 is 46.4 Å². The number of carbonyl (C=O) groups excluding carboxylic acids is 2. The first-order valence-corrected chi connectivity index (χ1v) is 11.7. The second kappa shape index (κ2) is 10.4. The highest BCUT2D eigenvalue weighted by atomic mass is 35.5. The molecule has 2 aromatic heterocycles. The number of nitrogens with zero attached hydrogens (tertiary/aromatic N) is 2. The summed E-state index contributed by atoms with van der Waals surface area (Å²) in [5.41, 5.74) is -0.161. The molecule has 1 aromatic carbocycles.